The fourth-order valence-corrected chi connectivity index (χ4v) is 2.73. The molecule has 2 aromatic rings. The van der Waals surface area contributed by atoms with Gasteiger partial charge in [-0.3, -0.25) is 9.89 Å². The minimum absolute atomic E-state index is 0.105. The number of anilines is 2. The Kier molecular flexibility index (Phi) is 3.64. The maximum Gasteiger partial charge on any atom is 0.258 e. The number of aromatic amines is 1. The Bertz CT molecular complexity index is 656. The van der Waals surface area contributed by atoms with Gasteiger partial charge in [-0.1, -0.05) is 11.6 Å². The zero-order chi connectivity index (χ0) is 14.8. The highest BCUT2D eigenvalue weighted by molar-refractivity contribution is 6.08. The first-order valence-corrected chi connectivity index (χ1v) is 7.32. The Labute approximate surface area is 124 Å². The number of hydrogen-bond donors (Lipinski definition) is 2. The number of nitrogens with zero attached hydrogens (tertiary/aromatic N) is 2. The second kappa shape index (κ2) is 5.60. The smallest absolute Gasteiger partial charge is 0.258 e. The van der Waals surface area contributed by atoms with E-state index in [1.165, 1.54) is 12.8 Å². The molecular formula is C16H20N4O. The van der Waals surface area contributed by atoms with Crippen LogP contribution in [-0.4, -0.2) is 29.2 Å². The molecule has 1 aliphatic rings. The fraction of sp³-hybridized carbons (Fsp3) is 0.375. The molecule has 0 radical (unpaired) electrons. The summed E-state index contributed by atoms with van der Waals surface area (Å²) in [6.07, 6.45) is 2.38. The molecule has 21 heavy (non-hydrogen) atoms. The van der Waals surface area contributed by atoms with Crippen molar-refractivity contribution in [2.24, 2.45) is 0 Å². The monoisotopic (exact) mass is 284 g/mol. The summed E-state index contributed by atoms with van der Waals surface area (Å²) in [5.41, 5.74) is 3.75. The molecule has 110 valence electrons. The van der Waals surface area contributed by atoms with Crippen LogP contribution in [-0.2, 0) is 0 Å². The Balaban J connectivity index is 1.88. The van der Waals surface area contributed by atoms with E-state index in [0.717, 1.165) is 35.6 Å². The second-order valence-electron chi connectivity index (χ2n) is 5.61. The van der Waals surface area contributed by atoms with Crippen LogP contribution in [0.25, 0.3) is 0 Å². The van der Waals surface area contributed by atoms with Gasteiger partial charge in [0.1, 0.15) is 0 Å². The normalized spacial score (nSPS) is 14.5. The number of aryl methyl sites for hydroxylation is 2. The predicted molar refractivity (Wildman–Crippen MR) is 83.9 cm³/mol. The summed E-state index contributed by atoms with van der Waals surface area (Å²) >= 11 is 0. The number of hydrogen-bond acceptors (Lipinski definition) is 3. The van der Waals surface area contributed by atoms with Crippen LogP contribution in [0.1, 0.15) is 34.5 Å². The number of benzene rings is 1. The third-order valence-corrected chi connectivity index (χ3v) is 3.79. The molecule has 0 aliphatic carbocycles. The molecule has 3 rings (SSSR count). The van der Waals surface area contributed by atoms with E-state index < -0.39 is 0 Å². The van der Waals surface area contributed by atoms with Gasteiger partial charge in [0.05, 0.1) is 5.56 Å². The van der Waals surface area contributed by atoms with Crippen molar-refractivity contribution in [3.05, 3.63) is 41.1 Å². The van der Waals surface area contributed by atoms with Crippen molar-refractivity contribution in [2.75, 3.05) is 23.3 Å². The second-order valence-corrected chi connectivity index (χ2v) is 5.61. The average Bonchev–Trinajstić information content (AvgIpc) is 3.10. The molecule has 2 N–H and O–H groups in total. The molecule has 0 atom stereocenters. The zero-order valence-corrected chi connectivity index (χ0v) is 12.4. The average molecular weight is 284 g/mol. The number of rotatable bonds is 3. The predicted octanol–water partition coefficient (Wildman–Crippen LogP) is 2.88. The van der Waals surface area contributed by atoms with Gasteiger partial charge in [0.2, 0.25) is 0 Å². The summed E-state index contributed by atoms with van der Waals surface area (Å²) in [4.78, 5) is 14.8. The molecule has 1 aromatic carbocycles. The van der Waals surface area contributed by atoms with E-state index in [1.807, 2.05) is 32.0 Å². The summed E-state index contributed by atoms with van der Waals surface area (Å²) < 4.78 is 0. The molecule has 1 fully saturated rings. The summed E-state index contributed by atoms with van der Waals surface area (Å²) in [5, 5.41) is 9.75. The molecule has 5 heteroatoms. The Morgan fingerprint density at radius 2 is 2.00 bits per heavy atom. The lowest BCUT2D eigenvalue weighted by atomic mass is 10.1. The van der Waals surface area contributed by atoms with Crippen molar-refractivity contribution in [3.8, 4) is 0 Å². The molecule has 1 aromatic heterocycles. The summed E-state index contributed by atoms with van der Waals surface area (Å²) in [6, 6.07) is 7.88. The van der Waals surface area contributed by atoms with Crippen LogP contribution in [0.5, 0.6) is 0 Å². The number of carbonyl (C=O) groups is 1. The molecule has 1 amide bonds. The van der Waals surface area contributed by atoms with Gasteiger partial charge in [-0.05, 0) is 38.8 Å². The van der Waals surface area contributed by atoms with Crippen LogP contribution in [0.2, 0.25) is 0 Å². The molecule has 0 saturated carbocycles. The highest BCUT2D eigenvalue weighted by Gasteiger charge is 2.20. The minimum atomic E-state index is -0.105. The maximum atomic E-state index is 12.6. The third kappa shape index (κ3) is 2.91. The molecular weight excluding hydrogens is 264 g/mol. The lowest BCUT2D eigenvalue weighted by Gasteiger charge is -2.21. The van der Waals surface area contributed by atoms with E-state index in [-0.39, 0.29) is 5.91 Å². The maximum absolute atomic E-state index is 12.6. The van der Waals surface area contributed by atoms with Crippen LogP contribution < -0.4 is 10.2 Å². The van der Waals surface area contributed by atoms with E-state index >= 15 is 0 Å². The van der Waals surface area contributed by atoms with Gasteiger partial charge in [0, 0.05) is 30.5 Å². The van der Waals surface area contributed by atoms with Gasteiger partial charge in [0.25, 0.3) is 5.91 Å². The van der Waals surface area contributed by atoms with Crippen molar-refractivity contribution in [3.63, 3.8) is 0 Å². The molecule has 0 spiro atoms. The Morgan fingerprint density at radius 3 is 2.67 bits per heavy atom. The highest BCUT2D eigenvalue weighted by Crippen LogP contribution is 2.26. The third-order valence-electron chi connectivity index (χ3n) is 3.79. The van der Waals surface area contributed by atoms with E-state index in [4.69, 9.17) is 0 Å². The van der Waals surface area contributed by atoms with E-state index in [0.29, 0.717) is 5.82 Å². The largest absolute Gasteiger partial charge is 0.371 e. The number of nitrogens with one attached hydrogen (secondary N) is 2. The highest BCUT2D eigenvalue weighted by atomic mass is 16.1. The van der Waals surface area contributed by atoms with Gasteiger partial charge in [-0.2, -0.15) is 5.10 Å². The van der Waals surface area contributed by atoms with Crippen molar-refractivity contribution < 1.29 is 4.79 Å². The molecule has 2 heterocycles. The van der Waals surface area contributed by atoms with Crippen LogP contribution in [0.15, 0.2) is 24.3 Å². The van der Waals surface area contributed by atoms with Crippen LogP contribution >= 0.6 is 0 Å². The van der Waals surface area contributed by atoms with Crippen molar-refractivity contribution in [2.45, 2.75) is 26.7 Å². The Morgan fingerprint density at radius 1 is 1.24 bits per heavy atom. The number of aromatic nitrogens is 2. The van der Waals surface area contributed by atoms with Crippen LogP contribution in [0.3, 0.4) is 0 Å². The van der Waals surface area contributed by atoms with Crippen molar-refractivity contribution in [1.82, 2.24) is 10.2 Å². The molecule has 0 unspecified atom stereocenters. The summed E-state index contributed by atoms with van der Waals surface area (Å²) in [7, 11) is 0. The topological polar surface area (TPSA) is 61.0 Å². The van der Waals surface area contributed by atoms with Crippen LogP contribution in [0.4, 0.5) is 11.5 Å². The van der Waals surface area contributed by atoms with E-state index in [2.05, 4.69) is 26.5 Å². The SMILES string of the molecule is Cc1ccc(N2CCCC2)c(C(=O)Nc2cc(C)[nH]n2)c1. The van der Waals surface area contributed by atoms with Crippen molar-refractivity contribution in [1.29, 1.82) is 0 Å². The molecule has 1 saturated heterocycles. The van der Waals surface area contributed by atoms with Gasteiger partial charge >= 0.3 is 0 Å². The molecule has 0 bridgehead atoms. The van der Waals surface area contributed by atoms with Crippen molar-refractivity contribution >= 4 is 17.4 Å². The zero-order valence-electron chi connectivity index (χ0n) is 12.4. The molecule has 5 nitrogen and oxygen atoms in total. The van der Waals surface area contributed by atoms with Crippen LogP contribution in [0, 0.1) is 13.8 Å². The lowest BCUT2D eigenvalue weighted by molar-refractivity contribution is 0.102. The first kappa shape index (κ1) is 13.7. The number of H-pyrrole nitrogens is 1. The summed E-state index contributed by atoms with van der Waals surface area (Å²) in [6.45, 7) is 5.95. The molecule has 1 aliphatic heterocycles. The van der Waals surface area contributed by atoms with E-state index in [1.54, 1.807) is 0 Å². The van der Waals surface area contributed by atoms with Gasteiger partial charge < -0.3 is 10.2 Å². The first-order valence-electron chi connectivity index (χ1n) is 7.32. The lowest BCUT2D eigenvalue weighted by Crippen LogP contribution is -2.23. The Hall–Kier alpha value is -2.30. The fourth-order valence-electron chi connectivity index (χ4n) is 2.73. The van der Waals surface area contributed by atoms with E-state index in [9.17, 15) is 4.79 Å². The number of amides is 1. The standard InChI is InChI=1S/C16H20N4O/c1-11-5-6-14(20-7-3-4-8-20)13(9-11)16(21)17-15-10-12(2)18-19-15/h5-6,9-10H,3-4,7-8H2,1-2H3,(H2,17,18,19,21). The minimum Gasteiger partial charge on any atom is -0.371 e. The quantitative estimate of drug-likeness (QED) is 0.911. The summed E-state index contributed by atoms with van der Waals surface area (Å²) in [5.74, 6) is 0.457. The number of carbonyl (C=O) groups excluding carboxylic acids is 1. The van der Waals surface area contributed by atoms with Gasteiger partial charge in [-0.25, -0.2) is 0 Å². The first-order chi connectivity index (χ1) is 10.1. The van der Waals surface area contributed by atoms with Gasteiger partial charge in [-0.15, -0.1) is 0 Å². The van der Waals surface area contributed by atoms with Gasteiger partial charge in [0.15, 0.2) is 5.82 Å².